The lowest BCUT2D eigenvalue weighted by molar-refractivity contribution is 0.00695. The Balaban J connectivity index is 2.70. The van der Waals surface area contributed by atoms with Crippen molar-refractivity contribution >= 4 is 5.97 Å². The second-order valence-corrected chi connectivity index (χ2v) is 4.53. The number of hydrogen-bond acceptors (Lipinski definition) is 4. The van der Waals surface area contributed by atoms with E-state index in [2.05, 4.69) is 5.48 Å². The number of rotatable bonds is 3. The fourth-order valence-electron chi connectivity index (χ4n) is 1.19. The monoisotopic (exact) mass is 223 g/mol. The summed E-state index contributed by atoms with van der Waals surface area (Å²) in [6.45, 7) is 5.84. The minimum Gasteiger partial charge on any atom is -0.456 e. The molecule has 0 saturated carbocycles. The minimum absolute atomic E-state index is 0.337. The molecular weight excluding hydrogens is 206 g/mol. The van der Waals surface area contributed by atoms with Crippen LogP contribution in [0.5, 0.6) is 0 Å². The molecular formula is C12H17NO3. The number of benzene rings is 1. The van der Waals surface area contributed by atoms with Gasteiger partial charge in [-0.1, -0.05) is 12.1 Å². The number of esters is 1. The van der Waals surface area contributed by atoms with E-state index in [1.165, 1.54) is 0 Å². The van der Waals surface area contributed by atoms with Gasteiger partial charge in [0.1, 0.15) is 5.60 Å². The quantitative estimate of drug-likeness (QED) is 0.608. The highest BCUT2D eigenvalue weighted by atomic mass is 16.6. The first-order chi connectivity index (χ1) is 7.42. The van der Waals surface area contributed by atoms with Gasteiger partial charge in [0.2, 0.25) is 0 Å². The molecule has 0 atom stereocenters. The van der Waals surface area contributed by atoms with Gasteiger partial charge in [-0.25, -0.2) is 10.3 Å². The van der Waals surface area contributed by atoms with Gasteiger partial charge in [-0.05, 0) is 38.5 Å². The molecule has 0 saturated heterocycles. The van der Waals surface area contributed by atoms with Crippen molar-refractivity contribution < 1.29 is 14.7 Å². The Morgan fingerprint density at radius 1 is 1.31 bits per heavy atom. The topological polar surface area (TPSA) is 58.6 Å². The van der Waals surface area contributed by atoms with Gasteiger partial charge in [0, 0.05) is 6.54 Å². The number of nitrogens with one attached hydrogen (secondary N) is 1. The van der Waals surface area contributed by atoms with E-state index in [-0.39, 0.29) is 5.97 Å². The molecule has 2 N–H and O–H groups in total. The van der Waals surface area contributed by atoms with Crippen molar-refractivity contribution in [3.8, 4) is 0 Å². The van der Waals surface area contributed by atoms with Gasteiger partial charge >= 0.3 is 5.97 Å². The average molecular weight is 223 g/mol. The number of carbonyl (C=O) groups is 1. The maximum Gasteiger partial charge on any atom is 0.338 e. The molecule has 0 radical (unpaired) electrons. The third-order valence-corrected chi connectivity index (χ3v) is 1.87. The zero-order chi connectivity index (χ0) is 12.2. The van der Waals surface area contributed by atoms with Crippen molar-refractivity contribution in [2.45, 2.75) is 32.9 Å². The van der Waals surface area contributed by atoms with Crippen molar-refractivity contribution in [3.05, 3.63) is 35.4 Å². The maximum atomic E-state index is 11.6. The van der Waals surface area contributed by atoms with Crippen LogP contribution in [0, 0.1) is 0 Å². The van der Waals surface area contributed by atoms with Gasteiger partial charge in [-0.2, -0.15) is 0 Å². The fraction of sp³-hybridized carbons (Fsp3) is 0.417. The van der Waals surface area contributed by atoms with Crippen LogP contribution in [0.4, 0.5) is 0 Å². The van der Waals surface area contributed by atoms with Crippen LogP contribution >= 0.6 is 0 Å². The van der Waals surface area contributed by atoms with Crippen molar-refractivity contribution in [1.29, 1.82) is 0 Å². The molecule has 0 aliphatic carbocycles. The average Bonchev–Trinajstić information content (AvgIpc) is 2.16. The molecule has 0 amide bonds. The molecule has 4 nitrogen and oxygen atoms in total. The normalized spacial score (nSPS) is 11.2. The predicted octanol–water partition coefficient (Wildman–Crippen LogP) is 2.12. The molecule has 0 spiro atoms. The summed E-state index contributed by atoms with van der Waals surface area (Å²) in [7, 11) is 0. The van der Waals surface area contributed by atoms with E-state index in [0.29, 0.717) is 12.1 Å². The highest BCUT2D eigenvalue weighted by Gasteiger charge is 2.17. The van der Waals surface area contributed by atoms with E-state index in [4.69, 9.17) is 9.94 Å². The highest BCUT2D eigenvalue weighted by Crippen LogP contribution is 2.12. The van der Waals surface area contributed by atoms with E-state index in [0.717, 1.165) is 5.56 Å². The minimum atomic E-state index is -0.484. The molecule has 1 aromatic carbocycles. The van der Waals surface area contributed by atoms with E-state index in [9.17, 15) is 4.79 Å². The molecule has 0 fully saturated rings. The molecule has 0 bridgehead atoms. The summed E-state index contributed by atoms with van der Waals surface area (Å²) in [5, 5.41) is 8.51. The molecule has 1 aromatic rings. The Morgan fingerprint density at radius 3 is 2.31 bits per heavy atom. The van der Waals surface area contributed by atoms with Gasteiger partial charge in [0.15, 0.2) is 0 Å². The molecule has 16 heavy (non-hydrogen) atoms. The summed E-state index contributed by atoms with van der Waals surface area (Å²) in [4.78, 5) is 11.6. The molecule has 1 rings (SSSR count). The van der Waals surface area contributed by atoms with Crippen LogP contribution in [0.2, 0.25) is 0 Å². The fourth-order valence-corrected chi connectivity index (χ4v) is 1.19. The third kappa shape index (κ3) is 4.00. The zero-order valence-electron chi connectivity index (χ0n) is 9.78. The van der Waals surface area contributed by atoms with Crippen LogP contribution in [0.25, 0.3) is 0 Å². The second kappa shape index (κ2) is 5.09. The third-order valence-electron chi connectivity index (χ3n) is 1.87. The van der Waals surface area contributed by atoms with Crippen molar-refractivity contribution in [1.82, 2.24) is 5.48 Å². The van der Waals surface area contributed by atoms with Crippen LogP contribution in [-0.2, 0) is 11.3 Å². The summed E-state index contributed by atoms with van der Waals surface area (Å²) >= 11 is 0. The first kappa shape index (κ1) is 12.7. The summed E-state index contributed by atoms with van der Waals surface area (Å²) < 4.78 is 5.22. The molecule has 0 heterocycles. The maximum absolute atomic E-state index is 11.6. The van der Waals surface area contributed by atoms with Crippen molar-refractivity contribution in [2.24, 2.45) is 0 Å². The first-order valence-corrected chi connectivity index (χ1v) is 5.11. The van der Waals surface area contributed by atoms with E-state index < -0.39 is 5.60 Å². The van der Waals surface area contributed by atoms with Crippen LogP contribution in [0.3, 0.4) is 0 Å². The SMILES string of the molecule is CC(C)(C)OC(=O)c1ccc(CNO)cc1. The van der Waals surface area contributed by atoms with Gasteiger partial charge in [0.05, 0.1) is 5.56 Å². The van der Waals surface area contributed by atoms with Gasteiger partial charge in [-0.15, -0.1) is 0 Å². The zero-order valence-corrected chi connectivity index (χ0v) is 9.78. The molecule has 0 aliphatic rings. The molecule has 0 aromatic heterocycles. The Bertz CT molecular complexity index is 352. The van der Waals surface area contributed by atoms with Crippen molar-refractivity contribution in [3.63, 3.8) is 0 Å². The summed E-state index contributed by atoms with van der Waals surface area (Å²) in [5.74, 6) is -0.337. The van der Waals surface area contributed by atoms with Gasteiger partial charge < -0.3 is 9.94 Å². The number of ether oxygens (including phenoxy) is 1. The Kier molecular flexibility index (Phi) is 4.04. The Morgan fingerprint density at radius 2 is 1.88 bits per heavy atom. The van der Waals surface area contributed by atoms with E-state index in [1.54, 1.807) is 24.3 Å². The second-order valence-electron chi connectivity index (χ2n) is 4.53. The van der Waals surface area contributed by atoms with Gasteiger partial charge in [-0.3, -0.25) is 0 Å². The summed E-state index contributed by atoms with van der Waals surface area (Å²) in [6.07, 6.45) is 0. The smallest absolute Gasteiger partial charge is 0.338 e. The van der Waals surface area contributed by atoms with E-state index >= 15 is 0 Å². The Hall–Kier alpha value is -1.39. The predicted molar refractivity (Wildman–Crippen MR) is 60.2 cm³/mol. The van der Waals surface area contributed by atoms with Crippen LogP contribution < -0.4 is 5.48 Å². The lowest BCUT2D eigenvalue weighted by atomic mass is 10.1. The molecule has 0 unspecified atom stereocenters. The standard InChI is InChI=1S/C12H17NO3/c1-12(2,3)16-11(14)10-6-4-9(5-7-10)8-13-15/h4-7,13,15H,8H2,1-3H3. The first-order valence-electron chi connectivity index (χ1n) is 5.11. The summed E-state index contributed by atoms with van der Waals surface area (Å²) in [6, 6.07) is 6.90. The number of carbonyl (C=O) groups excluding carboxylic acids is 1. The Labute approximate surface area is 95.2 Å². The van der Waals surface area contributed by atoms with Gasteiger partial charge in [0.25, 0.3) is 0 Å². The molecule has 4 heteroatoms. The lowest BCUT2D eigenvalue weighted by Gasteiger charge is -2.19. The molecule has 88 valence electrons. The number of hydroxylamine groups is 1. The van der Waals surface area contributed by atoms with Crippen LogP contribution in [0.1, 0.15) is 36.7 Å². The lowest BCUT2D eigenvalue weighted by Crippen LogP contribution is -2.23. The van der Waals surface area contributed by atoms with Crippen LogP contribution in [-0.4, -0.2) is 16.8 Å². The van der Waals surface area contributed by atoms with Crippen LogP contribution in [0.15, 0.2) is 24.3 Å². The number of hydrogen-bond donors (Lipinski definition) is 2. The largest absolute Gasteiger partial charge is 0.456 e. The summed E-state index contributed by atoms with van der Waals surface area (Å²) in [5.41, 5.74) is 2.98. The highest BCUT2D eigenvalue weighted by molar-refractivity contribution is 5.89. The van der Waals surface area contributed by atoms with E-state index in [1.807, 2.05) is 20.8 Å². The van der Waals surface area contributed by atoms with Crippen molar-refractivity contribution in [2.75, 3.05) is 0 Å². The molecule has 0 aliphatic heterocycles.